The Morgan fingerprint density at radius 2 is 2.33 bits per heavy atom. The predicted molar refractivity (Wildman–Crippen MR) is 72.7 cm³/mol. The normalized spacial score (nSPS) is 17.2. The third-order valence-electron chi connectivity index (χ3n) is 2.94. The van der Waals surface area contributed by atoms with Gasteiger partial charge in [0.05, 0.1) is 18.4 Å². The highest BCUT2D eigenvalue weighted by atomic mass is 32.1. The average Bonchev–Trinajstić information content (AvgIpc) is 2.86. The molecule has 1 N–H and O–H groups in total. The zero-order valence-corrected chi connectivity index (χ0v) is 11.8. The fraction of sp³-hybridized carbons (Fsp3) is 0.769. The van der Waals surface area contributed by atoms with Crippen molar-refractivity contribution in [2.75, 3.05) is 19.8 Å². The summed E-state index contributed by atoms with van der Waals surface area (Å²) in [5.74, 6) is 0. The van der Waals surface area contributed by atoms with Crippen molar-refractivity contribution < 1.29 is 9.47 Å². The minimum absolute atomic E-state index is 0.349. The van der Waals surface area contributed by atoms with Crippen LogP contribution in [0.15, 0.2) is 5.38 Å². The van der Waals surface area contributed by atoms with Gasteiger partial charge in [0.2, 0.25) is 0 Å². The summed E-state index contributed by atoms with van der Waals surface area (Å²) < 4.78 is 11.2. The summed E-state index contributed by atoms with van der Waals surface area (Å²) in [5, 5.41) is 6.61. The first-order valence-corrected chi connectivity index (χ1v) is 7.59. The minimum Gasteiger partial charge on any atom is -0.381 e. The first-order valence-electron chi connectivity index (χ1n) is 6.72. The van der Waals surface area contributed by atoms with Crippen LogP contribution in [0, 0.1) is 0 Å². The number of hydrogen-bond acceptors (Lipinski definition) is 5. The van der Waals surface area contributed by atoms with Crippen molar-refractivity contribution in [1.29, 1.82) is 0 Å². The molecule has 2 heterocycles. The summed E-state index contributed by atoms with van der Waals surface area (Å²) in [5.41, 5.74) is 1.06. The number of nitrogens with zero attached hydrogens (tertiary/aromatic N) is 1. The zero-order valence-electron chi connectivity index (χ0n) is 11.0. The van der Waals surface area contributed by atoms with Crippen LogP contribution in [0.3, 0.4) is 0 Å². The smallest absolute Gasteiger partial charge is 0.107 e. The fourth-order valence-corrected chi connectivity index (χ4v) is 2.66. The van der Waals surface area contributed by atoms with E-state index in [0.29, 0.717) is 12.7 Å². The van der Waals surface area contributed by atoms with Gasteiger partial charge < -0.3 is 14.8 Å². The number of aromatic nitrogens is 1. The topological polar surface area (TPSA) is 43.4 Å². The van der Waals surface area contributed by atoms with Gasteiger partial charge in [0.15, 0.2) is 0 Å². The first-order chi connectivity index (χ1) is 8.88. The molecule has 0 bridgehead atoms. The molecular formula is C13H22N2O2S. The average molecular weight is 270 g/mol. The van der Waals surface area contributed by atoms with E-state index in [0.717, 1.165) is 56.3 Å². The van der Waals surface area contributed by atoms with Gasteiger partial charge in [-0.3, -0.25) is 0 Å². The van der Waals surface area contributed by atoms with Gasteiger partial charge in [0.25, 0.3) is 0 Å². The maximum Gasteiger partial charge on any atom is 0.107 e. The second kappa shape index (κ2) is 7.84. The van der Waals surface area contributed by atoms with Crippen molar-refractivity contribution in [2.45, 2.75) is 45.4 Å². The number of nitrogens with one attached hydrogen (secondary N) is 1. The molecule has 18 heavy (non-hydrogen) atoms. The Morgan fingerprint density at radius 3 is 3.11 bits per heavy atom. The number of ether oxygens (including phenoxy) is 2. The Kier molecular flexibility index (Phi) is 6.07. The molecule has 0 aromatic carbocycles. The number of hydrogen-bond donors (Lipinski definition) is 1. The molecule has 0 atom stereocenters. The van der Waals surface area contributed by atoms with E-state index in [9.17, 15) is 0 Å². The summed E-state index contributed by atoms with van der Waals surface area (Å²) >= 11 is 1.71. The van der Waals surface area contributed by atoms with Crippen molar-refractivity contribution in [3.8, 4) is 0 Å². The van der Waals surface area contributed by atoms with E-state index < -0.39 is 0 Å². The third kappa shape index (κ3) is 4.65. The molecule has 0 saturated carbocycles. The van der Waals surface area contributed by atoms with E-state index in [1.807, 2.05) is 0 Å². The SMILES string of the molecule is CCCNCc1nc(COC2CCOCC2)cs1. The Labute approximate surface area is 113 Å². The van der Waals surface area contributed by atoms with Crippen molar-refractivity contribution in [3.05, 3.63) is 16.1 Å². The Balaban J connectivity index is 1.69. The highest BCUT2D eigenvalue weighted by Gasteiger charge is 2.14. The molecule has 0 spiro atoms. The summed E-state index contributed by atoms with van der Waals surface area (Å²) in [4.78, 5) is 4.57. The van der Waals surface area contributed by atoms with Crippen LogP contribution in [-0.2, 0) is 22.6 Å². The largest absolute Gasteiger partial charge is 0.381 e. The van der Waals surface area contributed by atoms with Crippen LogP contribution in [0.25, 0.3) is 0 Å². The molecule has 1 aliphatic rings. The van der Waals surface area contributed by atoms with Gasteiger partial charge in [-0.1, -0.05) is 6.92 Å². The Morgan fingerprint density at radius 1 is 1.50 bits per heavy atom. The summed E-state index contributed by atoms with van der Waals surface area (Å²) in [6.07, 6.45) is 3.52. The molecule has 1 aromatic rings. The lowest BCUT2D eigenvalue weighted by Crippen LogP contribution is -2.23. The molecule has 1 aromatic heterocycles. The van der Waals surface area contributed by atoms with E-state index in [-0.39, 0.29) is 0 Å². The van der Waals surface area contributed by atoms with Gasteiger partial charge in [-0.15, -0.1) is 11.3 Å². The van der Waals surface area contributed by atoms with Crippen LogP contribution < -0.4 is 5.32 Å². The Hall–Kier alpha value is -0.490. The Bertz CT molecular complexity index is 337. The van der Waals surface area contributed by atoms with Crippen LogP contribution in [0.2, 0.25) is 0 Å². The van der Waals surface area contributed by atoms with E-state index in [4.69, 9.17) is 9.47 Å². The molecule has 1 fully saturated rings. The lowest BCUT2D eigenvalue weighted by Gasteiger charge is -2.21. The van der Waals surface area contributed by atoms with E-state index in [1.165, 1.54) is 0 Å². The van der Waals surface area contributed by atoms with Crippen molar-refractivity contribution in [2.24, 2.45) is 0 Å². The van der Waals surface area contributed by atoms with Crippen molar-refractivity contribution >= 4 is 11.3 Å². The summed E-state index contributed by atoms with van der Waals surface area (Å²) in [7, 11) is 0. The van der Waals surface area contributed by atoms with Crippen LogP contribution in [0.5, 0.6) is 0 Å². The molecule has 0 amide bonds. The van der Waals surface area contributed by atoms with E-state index in [1.54, 1.807) is 11.3 Å². The van der Waals surface area contributed by atoms with Crippen LogP contribution in [0.4, 0.5) is 0 Å². The highest BCUT2D eigenvalue weighted by Crippen LogP contribution is 2.15. The predicted octanol–water partition coefficient (Wildman–Crippen LogP) is 2.34. The maximum absolute atomic E-state index is 5.85. The van der Waals surface area contributed by atoms with Gasteiger partial charge in [-0.25, -0.2) is 4.98 Å². The van der Waals surface area contributed by atoms with Crippen molar-refractivity contribution in [1.82, 2.24) is 10.3 Å². The van der Waals surface area contributed by atoms with Gasteiger partial charge in [0.1, 0.15) is 5.01 Å². The molecule has 102 valence electrons. The van der Waals surface area contributed by atoms with Gasteiger partial charge in [-0.2, -0.15) is 0 Å². The highest BCUT2D eigenvalue weighted by molar-refractivity contribution is 7.09. The second-order valence-electron chi connectivity index (χ2n) is 4.53. The number of rotatable bonds is 7. The number of thiazole rings is 1. The van der Waals surface area contributed by atoms with E-state index >= 15 is 0 Å². The minimum atomic E-state index is 0.349. The molecule has 0 radical (unpaired) electrons. The maximum atomic E-state index is 5.85. The third-order valence-corrected chi connectivity index (χ3v) is 3.84. The van der Waals surface area contributed by atoms with Gasteiger partial charge in [-0.05, 0) is 25.8 Å². The summed E-state index contributed by atoms with van der Waals surface area (Å²) in [6, 6.07) is 0. The molecule has 0 unspecified atom stereocenters. The summed E-state index contributed by atoms with van der Waals surface area (Å²) in [6.45, 7) is 6.38. The van der Waals surface area contributed by atoms with E-state index in [2.05, 4.69) is 22.6 Å². The fourth-order valence-electron chi connectivity index (χ4n) is 1.91. The monoisotopic (exact) mass is 270 g/mol. The van der Waals surface area contributed by atoms with Gasteiger partial charge in [0, 0.05) is 25.1 Å². The zero-order chi connectivity index (χ0) is 12.6. The van der Waals surface area contributed by atoms with Crippen LogP contribution >= 0.6 is 11.3 Å². The first kappa shape index (κ1) is 13.9. The molecule has 1 aliphatic heterocycles. The quantitative estimate of drug-likeness (QED) is 0.772. The van der Waals surface area contributed by atoms with Crippen LogP contribution in [-0.4, -0.2) is 30.8 Å². The lowest BCUT2D eigenvalue weighted by molar-refractivity contribution is -0.0398. The standard InChI is InChI=1S/C13H22N2O2S/c1-2-5-14-8-13-15-11(10-18-13)9-17-12-3-6-16-7-4-12/h10,12,14H,2-9H2,1H3. The molecule has 2 rings (SSSR count). The lowest BCUT2D eigenvalue weighted by atomic mass is 10.1. The van der Waals surface area contributed by atoms with Crippen LogP contribution in [0.1, 0.15) is 36.9 Å². The second-order valence-corrected chi connectivity index (χ2v) is 5.47. The van der Waals surface area contributed by atoms with Gasteiger partial charge >= 0.3 is 0 Å². The molecular weight excluding hydrogens is 248 g/mol. The molecule has 1 saturated heterocycles. The molecule has 5 heteroatoms. The van der Waals surface area contributed by atoms with Crippen molar-refractivity contribution in [3.63, 3.8) is 0 Å². The molecule has 4 nitrogen and oxygen atoms in total. The molecule has 0 aliphatic carbocycles.